The maximum atomic E-state index is 12.6. The molecule has 0 fully saturated rings. The number of aromatic nitrogens is 2. The molecule has 2 aromatic carbocycles. The zero-order chi connectivity index (χ0) is 25.7. The maximum absolute atomic E-state index is 12.6. The molecule has 184 valence electrons. The first-order valence-corrected chi connectivity index (χ1v) is 12.5. The second-order valence-electron chi connectivity index (χ2n) is 9.18. The van der Waals surface area contributed by atoms with E-state index < -0.39 is 0 Å². The lowest BCUT2D eigenvalue weighted by atomic mass is 9.78. The van der Waals surface area contributed by atoms with Gasteiger partial charge in [-0.05, 0) is 53.9 Å². The van der Waals surface area contributed by atoms with Crippen LogP contribution in [-0.4, -0.2) is 34.4 Å². The monoisotopic (exact) mass is 499 g/mol. The highest BCUT2D eigenvalue weighted by atomic mass is 32.1. The Morgan fingerprint density at radius 3 is 2.47 bits per heavy atom. The van der Waals surface area contributed by atoms with Crippen molar-refractivity contribution < 1.29 is 9.59 Å². The van der Waals surface area contributed by atoms with Gasteiger partial charge in [-0.15, -0.1) is 11.3 Å². The average molecular weight is 500 g/mol. The molecule has 4 N–H and O–H groups in total. The van der Waals surface area contributed by atoms with Crippen LogP contribution in [0.3, 0.4) is 0 Å². The molecule has 0 aliphatic heterocycles. The van der Waals surface area contributed by atoms with E-state index in [1.807, 2.05) is 74.7 Å². The van der Waals surface area contributed by atoms with Crippen molar-refractivity contribution in [1.29, 1.82) is 0 Å². The van der Waals surface area contributed by atoms with E-state index in [4.69, 9.17) is 5.73 Å². The van der Waals surface area contributed by atoms with Gasteiger partial charge in [-0.3, -0.25) is 14.6 Å². The van der Waals surface area contributed by atoms with Gasteiger partial charge in [0, 0.05) is 40.4 Å². The molecule has 0 aliphatic rings. The van der Waals surface area contributed by atoms with Gasteiger partial charge in [-0.2, -0.15) is 0 Å². The number of pyridine rings is 1. The van der Waals surface area contributed by atoms with Crippen LogP contribution in [0.15, 0.2) is 78.4 Å². The third-order valence-corrected chi connectivity index (χ3v) is 7.10. The number of amides is 2. The number of nitrogens with one attached hydrogen (secondary N) is 2. The number of benzene rings is 2. The molecule has 0 radical (unpaired) electrons. The number of carbonyl (C=O) groups excluding carboxylic acids is 2. The zero-order valence-corrected chi connectivity index (χ0v) is 21.3. The fourth-order valence-electron chi connectivity index (χ4n) is 3.62. The van der Waals surface area contributed by atoms with Gasteiger partial charge in [-0.1, -0.05) is 44.2 Å². The van der Waals surface area contributed by atoms with Crippen molar-refractivity contribution in [3.63, 3.8) is 0 Å². The van der Waals surface area contributed by atoms with Crippen molar-refractivity contribution in [2.45, 2.75) is 32.2 Å². The molecule has 0 aliphatic carbocycles. The van der Waals surface area contributed by atoms with Gasteiger partial charge in [0.25, 0.3) is 5.91 Å². The molecule has 0 unspecified atom stereocenters. The minimum Gasteiger partial charge on any atom is -0.343 e. The fraction of sp³-hybridized carbons (Fsp3) is 0.214. The Morgan fingerprint density at radius 2 is 1.72 bits per heavy atom. The van der Waals surface area contributed by atoms with E-state index in [0.717, 1.165) is 27.9 Å². The fourth-order valence-corrected chi connectivity index (χ4v) is 4.35. The van der Waals surface area contributed by atoms with Crippen LogP contribution in [0.4, 0.5) is 5.13 Å². The second-order valence-corrected chi connectivity index (χ2v) is 10.0. The van der Waals surface area contributed by atoms with Gasteiger partial charge in [0.1, 0.15) is 0 Å². The summed E-state index contributed by atoms with van der Waals surface area (Å²) in [4.78, 5) is 33.7. The standard InChI is InChI=1S/C28H29N5O2S/c1-18(29)28(2,3)23-9-5-8-22(15-23)26(35)31-16-25(34)33-27-32-24(17-36-27)21-7-4-6-20(14-21)19-10-12-30-13-11-19/h4-15,17-18H,16,29H2,1-3H3,(H,31,35)(H,32,33,34)/t18-/m0/s1. The van der Waals surface area contributed by atoms with Crippen molar-refractivity contribution in [3.8, 4) is 22.4 Å². The van der Waals surface area contributed by atoms with Crippen molar-refractivity contribution in [2.75, 3.05) is 11.9 Å². The summed E-state index contributed by atoms with van der Waals surface area (Å²) in [7, 11) is 0. The number of nitrogens with zero attached hydrogens (tertiary/aromatic N) is 2. The summed E-state index contributed by atoms with van der Waals surface area (Å²) in [6.45, 7) is 5.87. The molecule has 8 heteroatoms. The summed E-state index contributed by atoms with van der Waals surface area (Å²) in [5.74, 6) is -0.665. The van der Waals surface area contributed by atoms with E-state index in [2.05, 4.69) is 26.7 Å². The molecule has 2 heterocycles. The van der Waals surface area contributed by atoms with Crippen LogP contribution < -0.4 is 16.4 Å². The average Bonchev–Trinajstić information content (AvgIpc) is 3.36. The number of nitrogens with two attached hydrogens (primary N) is 1. The first kappa shape index (κ1) is 25.2. The Bertz CT molecular complexity index is 1370. The van der Waals surface area contributed by atoms with Crippen LogP contribution in [0.25, 0.3) is 22.4 Å². The zero-order valence-electron chi connectivity index (χ0n) is 20.5. The Morgan fingerprint density at radius 1 is 1.00 bits per heavy atom. The van der Waals surface area contributed by atoms with Crippen molar-refractivity contribution in [2.24, 2.45) is 5.73 Å². The predicted octanol–water partition coefficient (Wildman–Crippen LogP) is 4.87. The number of anilines is 1. The molecular formula is C28H29N5O2S. The van der Waals surface area contributed by atoms with E-state index >= 15 is 0 Å². The SMILES string of the molecule is C[C@H](N)C(C)(C)c1cccc(C(=O)NCC(=O)Nc2nc(-c3cccc(-c4ccncc4)c3)cs2)c1. The summed E-state index contributed by atoms with van der Waals surface area (Å²) >= 11 is 1.33. The highest BCUT2D eigenvalue weighted by Gasteiger charge is 2.26. The Labute approximate surface area is 214 Å². The summed E-state index contributed by atoms with van der Waals surface area (Å²) in [6, 6.07) is 19.2. The molecule has 0 saturated carbocycles. The second kappa shape index (κ2) is 10.8. The van der Waals surface area contributed by atoms with E-state index in [1.54, 1.807) is 18.5 Å². The Balaban J connectivity index is 1.36. The molecule has 7 nitrogen and oxygen atoms in total. The van der Waals surface area contributed by atoms with E-state index in [1.165, 1.54) is 11.3 Å². The summed E-state index contributed by atoms with van der Waals surface area (Å²) < 4.78 is 0. The van der Waals surface area contributed by atoms with E-state index in [9.17, 15) is 9.59 Å². The lowest BCUT2D eigenvalue weighted by Gasteiger charge is -2.30. The number of hydrogen-bond donors (Lipinski definition) is 3. The van der Waals surface area contributed by atoms with Gasteiger partial charge in [0.15, 0.2) is 5.13 Å². The van der Waals surface area contributed by atoms with Gasteiger partial charge in [-0.25, -0.2) is 4.98 Å². The maximum Gasteiger partial charge on any atom is 0.251 e. The summed E-state index contributed by atoms with van der Waals surface area (Å²) in [6.07, 6.45) is 3.52. The van der Waals surface area contributed by atoms with Gasteiger partial charge in [0.2, 0.25) is 5.91 Å². The molecule has 0 spiro atoms. The van der Waals surface area contributed by atoms with Crippen LogP contribution >= 0.6 is 11.3 Å². The minimum absolute atomic E-state index is 0.0807. The molecule has 4 aromatic rings. The normalized spacial score (nSPS) is 12.1. The highest BCUT2D eigenvalue weighted by Crippen LogP contribution is 2.29. The van der Waals surface area contributed by atoms with E-state index in [0.29, 0.717) is 10.7 Å². The number of carbonyl (C=O) groups is 2. The third-order valence-electron chi connectivity index (χ3n) is 6.34. The summed E-state index contributed by atoms with van der Waals surface area (Å²) in [5.41, 5.74) is 11.1. The Kier molecular flexibility index (Phi) is 7.57. The molecule has 2 amide bonds. The van der Waals surface area contributed by atoms with E-state index in [-0.39, 0.29) is 29.8 Å². The lowest BCUT2D eigenvalue weighted by molar-refractivity contribution is -0.115. The van der Waals surface area contributed by atoms with Gasteiger partial charge >= 0.3 is 0 Å². The molecule has 4 rings (SSSR count). The highest BCUT2D eigenvalue weighted by molar-refractivity contribution is 7.14. The number of rotatable bonds is 8. The minimum atomic E-state index is -0.346. The van der Waals surface area contributed by atoms with Crippen LogP contribution in [0.2, 0.25) is 0 Å². The molecule has 36 heavy (non-hydrogen) atoms. The van der Waals surface area contributed by atoms with Gasteiger partial charge < -0.3 is 16.4 Å². The lowest BCUT2D eigenvalue weighted by Crippen LogP contribution is -2.38. The quantitative estimate of drug-likeness (QED) is 0.321. The van der Waals surface area contributed by atoms with Crippen molar-refractivity contribution >= 4 is 28.3 Å². The number of thiazole rings is 1. The third kappa shape index (κ3) is 5.84. The first-order chi connectivity index (χ1) is 17.2. The largest absolute Gasteiger partial charge is 0.343 e. The van der Waals surface area contributed by atoms with Crippen LogP contribution in [0, 0.1) is 0 Å². The van der Waals surface area contributed by atoms with Gasteiger partial charge in [0.05, 0.1) is 12.2 Å². The molecule has 1 atom stereocenters. The smallest absolute Gasteiger partial charge is 0.251 e. The summed E-state index contributed by atoms with van der Waals surface area (Å²) in [5, 5.41) is 7.81. The van der Waals surface area contributed by atoms with Crippen LogP contribution in [0.5, 0.6) is 0 Å². The molecule has 0 saturated heterocycles. The number of hydrogen-bond acceptors (Lipinski definition) is 6. The van der Waals surface area contributed by atoms with Crippen molar-refractivity contribution in [3.05, 3.63) is 89.6 Å². The Hall–Kier alpha value is -3.88. The molecule has 0 bridgehead atoms. The van der Waals surface area contributed by atoms with Crippen molar-refractivity contribution in [1.82, 2.24) is 15.3 Å². The van der Waals surface area contributed by atoms with Crippen LogP contribution in [-0.2, 0) is 10.2 Å². The molecule has 2 aromatic heterocycles. The first-order valence-electron chi connectivity index (χ1n) is 11.6. The predicted molar refractivity (Wildman–Crippen MR) is 145 cm³/mol. The molecular weight excluding hydrogens is 470 g/mol. The van der Waals surface area contributed by atoms with Crippen LogP contribution in [0.1, 0.15) is 36.7 Å². The topological polar surface area (TPSA) is 110 Å².